The lowest BCUT2D eigenvalue weighted by Gasteiger charge is -2.41. The van der Waals surface area contributed by atoms with Gasteiger partial charge in [-0.3, -0.25) is 4.79 Å². The SMILES string of the molecule is CC1(C)C=C(C#N)C(=O)[C@H]2[C@@H]1[C@H]1C=C[C@@H]2C1. The molecule has 2 heteroatoms. The van der Waals surface area contributed by atoms with Crippen molar-refractivity contribution in [1.82, 2.24) is 0 Å². The molecule has 0 aromatic rings. The lowest BCUT2D eigenvalue weighted by atomic mass is 9.61. The molecule has 0 aromatic carbocycles. The van der Waals surface area contributed by atoms with Crippen molar-refractivity contribution in [1.29, 1.82) is 5.26 Å². The van der Waals surface area contributed by atoms with Crippen LogP contribution in [0.2, 0.25) is 0 Å². The monoisotopic (exact) mass is 213 g/mol. The average molecular weight is 213 g/mol. The molecule has 0 spiro atoms. The van der Waals surface area contributed by atoms with E-state index in [1.54, 1.807) is 0 Å². The van der Waals surface area contributed by atoms with Crippen LogP contribution in [0.3, 0.4) is 0 Å². The molecule has 4 atom stereocenters. The molecule has 0 unspecified atom stereocenters. The number of nitriles is 1. The first-order valence-corrected chi connectivity index (χ1v) is 5.90. The Hall–Kier alpha value is -1.36. The minimum Gasteiger partial charge on any atom is -0.293 e. The third-order valence-electron chi connectivity index (χ3n) is 4.52. The highest BCUT2D eigenvalue weighted by Crippen LogP contribution is 2.58. The zero-order chi connectivity index (χ0) is 11.5. The van der Waals surface area contributed by atoms with Gasteiger partial charge in [0.15, 0.2) is 5.78 Å². The number of fused-ring (bicyclic) bond motifs is 5. The van der Waals surface area contributed by atoms with Crippen LogP contribution in [0, 0.1) is 40.4 Å². The number of allylic oxidation sites excluding steroid dienone is 4. The van der Waals surface area contributed by atoms with Crippen molar-refractivity contribution in [2.75, 3.05) is 0 Å². The van der Waals surface area contributed by atoms with Gasteiger partial charge in [-0.2, -0.15) is 5.26 Å². The van der Waals surface area contributed by atoms with Gasteiger partial charge >= 0.3 is 0 Å². The van der Waals surface area contributed by atoms with Crippen LogP contribution in [0.15, 0.2) is 23.8 Å². The second-order valence-electron chi connectivity index (χ2n) is 5.86. The van der Waals surface area contributed by atoms with Crippen LogP contribution >= 0.6 is 0 Å². The zero-order valence-corrected chi connectivity index (χ0v) is 9.60. The van der Waals surface area contributed by atoms with Crippen molar-refractivity contribution in [2.24, 2.45) is 29.1 Å². The van der Waals surface area contributed by atoms with E-state index < -0.39 is 0 Å². The number of Topliss-reactive ketones (excluding diaryl/α,β-unsaturated/α-hetero) is 1. The van der Waals surface area contributed by atoms with E-state index in [4.69, 9.17) is 5.26 Å². The Morgan fingerprint density at radius 2 is 2.06 bits per heavy atom. The van der Waals surface area contributed by atoms with Gasteiger partial charge in [0.05, 0.1) is 5.57 Å². The summed E-state index contributed by atoms with van der Waals surface area (Å²) in [7, 11) is 0. The van der Waals surface area contributed by atoms with Gasteiger partial charge in [0.1, 0.15) is 6.07 Å². The molecule has 0 radical (unpaired) electrons. The van der Waals surface area contributed by atoms with Gasteiger partial charge in [-0.15, -0.1) is 0 Å². The molecular formula is C14H15NO. The lowest BCUT2D eigenvalue weighted by Crippen LogP contribution is -2.41. The molecule has 2 bridgehead atoms. The first-order chi connectivity index (χ1) is 7.54. The summed E-state index contributed by atoms with van der Waals surface area (Å²) < 4.78 is 0. The number of hydrogen-bond donors (Lipinski definition) is 0. The van der Waals surface area contributed by atoms with Crippen LogP contribution in [-0.4, -0.2) is 5.78 Å². The summed E-state index contributed by atoms with van der Waals surface area (Å²) in [6.45, 7) is 4.31. The highest BCUT2D eigenvalue weighted by atomic mass is 16.1. The molecule has 1 saturated carbocycles. The van der Waals surface area contributed by atoms with Crippen LogP contribution in [0.4, 0.5) is 0 Å². The van der Waals surface area contributed by atoms with Crippen molar-refractivity contribution < 1.29 is 4.79 Å². The molecule has 82 valence electrons. The highest BCUT2D eigenvalue weighted by molar-refractivity contribution is 6.02. The van der Waals surface area contributed by atoms with E-state index in [0.29, 0.717) is 23.3 Å². The maximum Gasteiger partial charge on any atom is 0.177 e. The number of rotatable bonds is 0. The molecule has 0 heterocycles. The predicted molar refractivity (Wildman–Crippen MR) is 60.2 cm³/mol. The Balaban J connectivity index is 2.13. The molecule has 1 fully saturated rings. The second kappa shape index (κ2) is 2.85. The molecule has 3 aliphatic carbocycles. The first kappa shape index (κ1) is 9.84. The normalized spacial score (nSPS) is 42.8. The maximum absolute atomic E-state index is 12.2. The van der Waals surface area contributed by atoms with Crippen LogP contribution in [-0.2, 0) is 4.79 Å². The van der Waals surface area contributed by atoms with Crippen LogP contribution in [0.25, 0.3) is 0 Å². The molecule has 0 amide bonds. The molecule has 2 nitrogen and oxygen atoms in total. The van der Waals surface area contributed by atoms with Gasteiger partial charge in [-0.25, -0.2) is 0 Å². The summed E-state index contributed by atoms with van der Waals surface area (Å²) in [6, 6.07) is 2.07. The molecule has 3 aliphatic rings. The number of carbonyl (C=O) groups excluding carboxylic acids is 1. The molecule has 0 saturated heterocycles. The minimum atomic E-state index is -0.0200. The van der Waals surface area contributed by atoms with Crippen molar-refractivity contribution >= 4 is 5.78 Å². The van der Waals surface area contributed by atoms with E-state index in [2.05, 4.69) is 32.1 Å². The van der Waals surface area contributed by atoms with Crippen LogP contribution in [0.1, 0.15) is 20.3 Å². The Morgan fingerprint density at radius 1 is 1.38 bits per heavy atom. The summed E-state index contributed by atoms with van der Waals surface area (Å²) in [5.74, 6) is 1.50. The molecule has 0 aromatic heterocycles. The number of carbonyl (C=O) groups is 1. The summed E-state index contributed by atoms with van der Waals surface area (Å²) in [4.78, 5) is 12.2. The Bertz CT molecular complexity index is 464. The molecule has 0 N–H and O–H groups in total. The third kappa shape index (κ3) is 1.04. The van der Waals surface area contributed by atoms with E-state index in [9.17, 15) is 4.79 Å². The van der Waals surface area contributed by atoms with Crippen molar-refractivity contribution in [2.45, 2.75) is 20.3 Å². The summed E-state index contributed by atoms with van der Waals surface area (Å²) >= 11 is 0. The molecule has 0 aliphatic heterocycles. The summed E-state index contributed by atoms with van der Waals surface area (Å²) in [5.41, 5.74) is 0.362. The van der Waals surface area contributed by atoms with Gasteiger partial charge in [-0.1, -0.05) is 32.1 Å². The summed E-state index contributed by atoms with van der Waals surface area (Å²) in [6.07, 6.45) is 7.45. The van der Waals surface area contributed by atoms with Crippen molar-refractivity contribution in [3.8, 4) is 6.07 Å². The number of nitrogens with zero attached hydrogens (tertiary/aromatic N) is 1. The van der Waals surface area contributed by atoms with Crippen molar-refractivity contribution in [3.05, 3.63) is 23.8 Å². The minimum absolute atomic E-state index is 0.0200. The van der Waals surface area contributed by atoms with E-state index in [0.717, 1.165) is 6.42 Å². The van der Waals surface area contributed by atoms with Gasteiger partial charge in [0.25, 0.3) is 0 Å². The largest absolute Gasteiger partial charge is 0.293 e. The van der Waals surface area contributed by atoms with E-state index in [1.807, 2.05) is 6.08 Å². The van der Waals surface area contributed by atoms with E-state index >= 15 is 0 Å². The fraction of sp³-hybridized carbons (Fsp3) is 0.571. The first-order valence-electron chi connectivity index (χ1n) is 5.90. The standard InChI is InChI=1S/C14H15NO/c1-14(2)6-10(7-15)13(16)11-8-3-4-9(5-8)12(11)14/h3-4,6,8-9,11-12H,5H2,1-2H3/t8-,9+,11-,12+/m1/s1. The Kier molecular flexibility index (Phi) is 1.75. The summed E-state index contributed by atoms with van der Waals surface area (Å²) in [5, 5.41) is 9.03. The number of ketones is 1. The fourth-order valence-electron chi connectivity index (χ4n) is 4.00. The molecule has 16 heavy (non-hydrogen) atoms. The number of hydrogen-bond acceptors (Lipinski definition) is 2. The predicted octanol–water partition coefficient (Wildman–Crippen LogP) is 2.48. The average Bonchev–Trinajstić information content (AvgIpc) is 2.83. The Morgan fingerprint density at radius 3 is 2.75 bits per heavy atom. The van der Waals surface area contributed by atoms with Gasteiger partial charge in [0, 0.05) is 5.92 Å². The fourth-order valence-corrected chi connectivity index (χ4v) is 4.00. The van der Waals surface area contributed by atoms with E-state index in [-0.39, 0.29) is 17.1 Å². The molecular weight excluding hydrogens is 198 g/mol. The van der Waals surface area contributed by atoms with E-state index in [1.165, 1.54) is 0 Å². The highest BCUT2D eigenvalue weighted by Gasteiger charge is 2.55. The lowest BCUT2D eigenvalue weighted by molar-refractivity contribution is -0.123. The third-order valence-corrected chi connectivity index (χ3v) is 4.52. The Labute approximate surface area is 95.6 Å². The zero-order valence-electron chi connectivity index (χ0n) is 9.60. The van der Waals surface area contributed by atoms with Gasteiger partial charge in [0.2, 0.25) is 0 Å². The smallest absolute Gasteiger partial charge is 0.177 e. The second-order valence-corrected chi connectivity index (χ2v) is 5.86. The topological polar surface area (TPSA) is 40.9 Å². The van der Waals surface area contributed by atoms with Gasteiger partial charge in [-0.05, 0) is 29.6 Å². The van der Waals surface area contributed by atoms with Crippen LogP contribution < -0.4 is 0 Å². The van der Waals surface area contributed by atoms with Crippen LogP contribution in [0.5, 0.6) is 0 Å². The van der Waals surface area contributed by atoms with Gasteiger partial charge < -0.3 is 0 Å². The van der Waals surface area contributed by atoms with Crippen molar-refractivity contribution in [3.63, 3.8) is 0 Å². The maximum atomic E-state index is 12.2. The molecule has 3 rings (SSSR count). The quantitative estimate of drug-likeness (QED) is 0.580.